The minimum absolute atomic E-state index is 0.0372. The maximum absolute atomic E-state index is 11.5. The van der Waals surface area contributed by atoms with Crippen LogP contribution in [0, 0.1) is 0 Å². The van der Waals surface area contributed by atoms with Crippen molar-refractivity contribution in [2.75, 3.05) is 32.8 Å². The number of aromatic hydroxyl groups is 1. The number of amides is 1. The van der Waals surface area contributed by atoms with Gasteiger partial charge in [-0.2, -0.15) is 0 Å². The smallest absolute Gasteiger partial charge is 0.217 e. The summed E-state index contributed by atoms with van der Waals surface area (Å²) in [5.41, 5.74) is 1.96. The summed E-state index contributed by atoms with van der Waals surface area (Å²) in [6, 6.07) is 9.77. The zero-order chi connectivity index (χ0) is 22.8. The first kappa shape index (κ1) is 22.2. The van der Waals surface area contributed by atoms with Gasteiger partial charge in [-0.1, -0.05) is 12.1 Å². The van der Waals surface area contributed by atoms with E-state index in [-0.39, 0.29) is 30.0 Å². The number of phenolic OH excluding ortho intramolecular Hbond substituents is 1. The van der Waals surface area contributed by atoms with Crippen LogP contribution >= 0.6 is 11.3 Å². The number of piperidine rings is 1. The number of carbonyl (C=O) groups excluding carboxylic acids is 1. The number of benzene rings is 1. The highest BCUT2D eigenvalue weighted by Gasteiger charge is 2.35. The van der Waals surface area contributed by atoms with E-state index in [0.717, 1.165) is 54.8 Å². The van der Waals surface area contributed by atoms with Crippen molar-refractivity contribution in [1.29, 1.82) is 0 Å². The van der Waals surface area contributed by atoms with Crippen molar-refractivity contribution in [2.24, 2.45) is 0 Å². The van der Waals surface area contributed by atoms with E-state index in [4.69, 9.17) is 4.74 Å². The number of ether oxygens (including phenoxy) is 1. The second-order valence-corrected chi connectivity index (χ2v) is 9.87. The lowest BCUT2D eigenvalue weighted by molar-refractivity contribution is -0.120. The van der Waals surface area contributed by atoms with E-state index in [1.54, 1.807) is 36.7 Å². The van der Waals surface area contributed by atoms with Gasteiger partial charge in [0.15, 0.2) is 0 Å². The maximum atomic E-state index is 11.5. The van der Waals surface area contributed by atoms with Crippen molar-refractivity contribution >= 4 is 27.5 Å². The Morgan fingerprint density at radius 1 is 1.24 bits per heavy atom. The fourth-order valence-corrected chi connectivity index (χ4v) is 6.07. The van der Waals surface area contributed by atoms with Crippen LogP contribution in [0.3, 0.4) is 0 Å². The highest BCUT2D eigenvalue weighted by Crippen LogP contribution is 2.38. The van der Waals surface area contributed by atoms with Gasteiger partial charge in [0.25, 0.3) is 0 Å². The van der Waals surface area contributed by atoms with Gasteiger partial charge in [-0.05, 0) is 36.6 Å². The molecule has 2 aliphatic heterocycles. The summed E-state index contributed by atoms with van der Waals surface area (Å²) in [4.78, 5) is 26.4. The number of carbonyl (C=O) groups is 1. The number of likely N-dealkylation sites (tertiary alicyclic amines) is 1. The molecule has 2 unspecified atom stereocenters. The molecule has 2 aromatic heterocycles. The fourth-order valence-electron chi connectivity index (χ4n) is 4.92. The van der Waals surface area contributed by atoms with E-state index in [1.807, 2.05) is 18.3 Å². The van der Waals surface area contributed by atoms with Crippen LogP contribution in [0.2, 0.25) is 0 Å². The average molecular weight is 468 g/mol. The number of fused-ring (bicyclic) bond motifs is 1. The molecule has 0 spiro atoms. The molecule has 0 aliphatic carbocycles. The molecule has 1 aromatic carbocycles. The number of hydrogen-bond donors (Lipinski definition) is 2. The largest absolute Gasteiger partial charge is 0.508 e. The van der Waals surface area contributed by atoms with Gasteiger partial charge in [-0.3, -0.25) is 14.6 Å². The summed E-state index contributed by atoms with van der Waals surface area (Å²) in [5, 5.41) is 13.0. The van der Waals surface area contributed by atoms with E-state index in [9.17, 15) is 9.90 Å². The van der Waals surface area contributed by atoms with Gasteiger partial charge in [0.1, 0.15) is 12.1 Å². The molecule has 0 radical (unpaired) electrons. The molecule has 2 fully saturated rings. The van der Waals surface area contributed by atoms with Gasteiger partial charge in [-0.25, -0.2) is 9.97 Å². The van der Waals surface area contributed by atoms with Crippen LogP contribution in [0.4, 0.5) is 0 Å². The molecular formula is C24H29N5O3S. The minimum atomic E-state index is -0.0977. The molecule has 4 heterocycles. The molecule has 2 N–H and O–H groups in total. The van der Waals surface area contributed by atoms with Gasteiger partial charge < -0.3 is 15.2 Å². The molecule has 33 heavy (non-hydrogen) atoms. The number of morpholine rings is 1. The zero-order valence-electron chi connectivity index (χ0n) is 18.7. The number of thiophene rings is 1. The summed E-state index contributed by atoms with van der Waals surface area (Å²) in [7, 11) is 0. The normalized spacial score (nSPS) is 21.8. The van der Waals surface area contributed by atoms with Gasteiger partial charge in [0, 0.05) is 50.2 Å². The number of nitrogens with zero attached hydrogens (tertiary/aromatic N) is 4. The lowest BCUT2D eigenvalue weighted by atomic mass is 10.0. The molecule has 1 amide bonds. The summed E-state index contributed by atoms with van der Waals surface area (Å²) in [6.45, 7) is 5.59. The number of rotatable bonds is 5. The summed E-state index contributed by atoms with van der Waals surface area (Å²) in [5.74, 6) is 0.295. The van der Waals surface area contributed by atoms with Crippen LogP contribution in [0.15, 0.2) is 42.9 Å². The monoisotopic (exact) mass is 467 g/mol. The van der Waals surface area contributed by atoms with Crippen molar-refractivity contribution in [2.45, 2.75) is 38.1 Å². The Morgan fingerprint density at radius 3 is 2.85 bits per heavy atom. The van der Waals surface area contributed by atoms with Crippen molar-refractivity contribution in [1.82, 2.24) is 25.1 Å². The van der Waals surface area contributed by atoms with Crippen LogP contribution in [0.1, 0.15) is 42.5 Å². The molecule has 174 valence electrons. The minimum Gasteiger partial charge on any atom is -0.508 e. The molecular weight excluding hydrogens is 438 g/mol. The average Bonchev–Trinajstić information content (AvgIpc) is 3.24. The third kappa shape index (κ3) is 5.01. The number of phenols is 1. The molecule has 3 aromatic rings. The van der Waals surface area contributed by atoms with Crippen LogP contribution in [0.5, 0.6) is 5.75 Å². The highest BCUT2D eigenvalue weighted by molar-refractivity contribution is 7.19. The van der Waals surface area contributed by atoms with Crippen LogP contribution in [-0.4, -0.2) is 69.6 Å². The van der Waals surface area contributed by atoms with E-state index < -0.39 is 0 Å². The van der Waals surface area contributed by atoms with Crippen molar-refractivity contribution in [3.63, 3.8) is 0 Å². The molecule has 8 nitrogen and oxygen atoms in total. The van der Waals surface area contributed by atoms with Gasteiger partial charge in [0.05, 0.1) is 29.1 Å². The number of aromatic nitrogens is 2. The Balaban J connectivity index is 1.41. The first-order chi connectivity index (χ1) is 16.1. The van der Waals surface area contributed by atoms with Crippen LogP contribution < -0.4 is 5.32 Å². The zero-order valence-corrected chi connectivity index (χ0v) is 19.5. The first-order valence-corrected chi connectivity index (χ1v) is 12.2. The molecule has 2 atom stereocenters. The predicted molar refractivity (Wildman–Crippen MR) is 127 cm³/mol. The Morgan fingerprint density at radius 2 is 2.09 bits per heavy atom. The topological polar surface area (TPSA) is 90.8 Å². The standard InChI is InChI=1S/C24H29N5O3S/c1-16(30)27-18-5-7-28(8-6-18)24(22-12-20-23(33-22)13-25-15-26-20)29-9-10-32-21(14-29)17-3-2-4-19(31)11-17/h2-4,11-13,15,18,21,24,31H,5-10,14H2,1H3,(H,27,30). The lowest BCUT2D eigenvalue weighted by Gasteiger charge is -2.45. The molecule has 9 heteroatoms. The van der Waals surface area contributed by atoms with Gasteiger partial charge in [-0.15, -0.1) is 11.3 Å². The second kappa shape index (κ2) is 9.72. The molecule has 0 saturated carbocycles. The molecule has 0 bridgehead atoms. The highest BCUT2D eigenvalue weighted by atomic mass is 32.1. The Kier molecular flexibility index (Phi) is 6.55. The predicted octanol–water partition coefficient (Wildman–Crippen LogP) is 3.07. The van der Waals surface area contributed by atoms with E-state index in [0.29, 0.717) is 6.61 Å². The fraction of sp³-hybridized carbons (Fsp3) is 0.458. The van der Waals surface area contributed by atoms with Crippen LogP contribution in [0.25, 0.3) is 10.2 Å². The quantitative estimate of drug-likeness (QED) is 0.596. The Labute approximate surface area is 197 Å². The Bertz CT molecular complexity index is 1080. The SMILES string of the molecule is CC(=O)NC1CCN(C(c2cc3ncncc3s2)N2CCOC(c3cccc(O)c3)C2)CC1. The maximum Gasteiger partial charge on any atom is 0.217 e. The number of hydrogen-bond acceptors (Lipinski definition) is 8. The summed E-state index contributed by atoms with van der Waals surface area (Å²) < 4.78 is 7.19. The van der Waals surface area contributed by atoms with Crippen molar-refractivity contribution in [3.05, 3.63) is 53.3 Å². The van der Waals surface area contributed by atoms with E-state index >= 15 is 0 Å². The third-order valence-electron chi connectivity index (χ3n) is 6.44. The molecule has 2 aliphatic rings. The molecule has 5 rings (SSSR count). The first-order valence-electron chi connectivity index (χ1n) is 11.4. The van der Waals surface area contributed by atoms with E-state index in [1.165, 1.54) is 4.88 Å². The van der Waals surface area contributed by atoms with Gasteiger partial charge in [0.2, 0.25) is 5.91 Å². The summed E-state index contributed by atoms with van der Waals surface area (Å²) in [6.07, 6.45) is 5.35. The summed E-state index contributed by atoms with van der Waals surface area (Å²) >= 11 is 1.74. The van der Waals surface area contributed by atoms with Crippen LogP contribution in [-0.2, 0) is 9.53 Å². The van der Waals surface area contributed by atoms with Crippen molar-refractivity contribution < 1.29 is 14.6 Å². The Hall–Kier alpha value is -2.59. The lowest BCUT2D eigenvalue weighted by Crippen LogP contribution is -2.51. The van der Waals surface area contributed by atoms with Gasteiger partial charge >= 0.3 is 0 Å². The number of nitrogens with one attached hydrogen (secondary N) is 1. The van der Waals surface area contributed by atoms with E-state index in [2.05, 4.69) is 31.2 Å². The second-order valence-electron chi connectivity index (χ2n) is 8.75. The third-order valence-corrected chi connectivity index (χ3v) is 7.54. The molecule has 2 saturated heterocycles. The van der Waals surface area contributed by atoms with Crippen molar-refractivity contribution in [3.8, 4) is 5.75 Å².